The Labute approximate surface area is 180 Å². The molecule has 4 rings (SSSR count). The molecule has 2 aromatic carbocycles. The van der Waals surface area contributed by atoms with Crippen LogP contribution in [0.3, 0.4) is 0 Å². The van der Waals surface area contributed by atoms with Gasteiger partial charge in [-0.25, -0.2) is 0 Å². The van der Waals surface area contributed by atoms with E-state index in [-0.39, 0.29) is 17.7 Å². The van der Waals surface area contributed by atoms with E-state index in [1.54, 1.807) is 31.5 Å². The summed E-state index contributed by atoms with van der Waals surface area (Å²) in [6.07, 6.45) is 3.34. The lowest BCUT2D eigenvalue weighted by Crippen LogP contribution is -2.44. The molecule has 1 aliphatic heterocycles. The molecule has 1 amide bonds. The second-order valence-corrected chi connectivity index (χ2v) is 7.93. The fourth-order valence-electron chi connectivity index (χ4n) is 3.87. The van der Waals surface area contributed by atoms with Crippen molar-refractivity contribution in [2.75, 3.05) is 20.2 Å². The molecule has 6 nitrogen and oxygen atoms in total. The van der Waals surface area contributed by atoms with E-state index in [0.29, 0.717) is 28.4 Å². The van der Waals surface area contributed by atoms with Crippen LogP contribution in [0.1, 0.15) is 28.8 Å². The van der Waals surface area contributed by atoms with Crippen LogP contribution >= 0.6 is 11.6 Å². The number of rotatable bonds is 5. The SMILES string of the molecule is COc1cccc(C(=O)NC2CCN(Cc3cc(Cl)c4cccnc4c3O)CC2)c1. The minimum atomic E-state index is -0.0858. The van der Waals surface area contributed by atoms with Crippen molar-refractivity contribution in [2.45, 2.75) is 25.4 Å². The van der Waals surface area contributed by atoms with Crippen LogP contribution in [-0.2, 0) is 6.54 Å². The third-order valence-electron chi connectivity index (χ3n) is 5.54. The number of fused-ring (bicyclic) bond motifs is 1. The Bertz CT molecular complexity index is 1060. The van der Waals surface area contributed by atoms with E-state index in [9.17, 15) is 9.90 Å². The summed E-state index contributed by atoms with van der Waals surface area (Å²) in [6.45, 7) is 2.23. The number of halogens is 1. The number of methoxy groups -OCH3 is 1. The van der Waals surface area contributed by atoms with Gasteiger partial charge in [-0.15, -0.1) is 0 Å². The second kappa shape index (κ2) is 8.90. The maximum absolute atomic E-state index is 12.5. The van der Waals surface area contributed by atoms with Gasteiger partial charge in [0.05, 0.1) is 12.1 Å². The largest absolute Gasteiger partial charge is 0.505 e. The number of phenols is 1. The van der Waals surface area contributed by atoms with Crippen molar-refractivity contribution in [3.8, 4) is 11.5 Å². The average Bonchev–Trinajstić information content (AvgIpc) is 2.78. The monoisotopic (exact) mass is 425 g/mol. The standard InChI is InChI=1S/C23H24ClN3O3/c1-30-18-5-2-4-15(12-18)23(29)26-17-7-10-27(11-8-17)14-16-13-20(24)19-6-3-9-25-21(19)22(16)28/h2-6,9,12-13,17,28H,7-8,10-11,14H2,1H3,(H,26,29). The molecule has 3 aromatic rings. The van der Waals surface area contributed by atoms with E-state index in [1.807, 2.05) is 24.3 Å². The van der Waals surface area contributed by atoms with Crippen LogP contribution in [0.25, 0.3) is 10.9 Å². The number of pyridine rings is 1. The Kier molecular flexibility index (Phi) is 6.06. The molecule has 0 atom stereocenters. The van der Waals surface area contributed by atoms with Gasteiger partial charge in [0.1, 0.15) is 17.0 Å². The summed E-state index contributed by atoms with van der Waals surface area (Å²) in [5.74, 6) is 0.765. The van der Waals surface area contributed by atoms with Crippen LogP contribution in [0.2, 0.25) is 5.02 Å². The van der Waals surface area contributed by atoms with Crippen molar-refractivity contribution in [2.24, 2.45) is 0 Å². The van der Waals surface area contributed by atoms with Crippen molar-refractivity contribution in [1.82, 2.24) is 15.2 Å². The summed E-state index contributed by atoms with van der Waals surface area (Å²) in [5.41, 5.74) is 1.89. The summed E-state index contributed by atoms with van der Waals surface area (Å²) in [4.78, 5) is 19.1. The number of ether oxygens (including phenoxy) is 1. The minimum absolute atomic E-state index is 0.0858. The van der Waals surface area contributed by atoms with Gasteiger partial charge in [-0.1, -0.05) is 17.7 Å². The molecule has 0 spiro atoms. The number of piperidine rings is 1. The summed E-state index contributed by atoms with van der Waals surface area (Å²) < 4.78 is 5.19. The Morgan fingerprint density at radius 1 is 1.27 bits per heavy atom. The Morgan fingerprint density at radius 2 is 2.07 bits per heavy atom. The van der Waals surface area contributed by atoms with Gasteiger partial charge in [-0.05, 0) is 49.2 Å². The summed E-state index contributed by atoms with van der Waals surface area (Å²) >= 11 is 6.39. The van der Waals surface area contributed by atoms with Crippen LogP contribution in [0, 0.1) is 0 Å². The number of benzene rings is 2. The Balaban J connectivity index is 1.36. The van der Waals surface area contributed by atoms with Crippen LogP contribution in [0.4, 0.5) is 0 Å². The van der Waals surface area contributed by atoms with Gasteiger partial charge in [0, 0.05) is 48.4 Å². The zero-order valence-electron chi connectivity index (χ0n) is 16.8. The number of carbonyl (C=O) groups is 1. The third kappa shape index (κ3) is 4.35. The van der Waals surface area contributed by atoms with E-state index in [0.717, 1.165) is 36.9 Å². The fourth-order valence-corrected chi connectivity index (χ4v) is 4.15. The summed E-state index contributed by atoms with van der Waals surface area (Å²) in [7, 11) is 1.59. The number of phenolic OH excluding ortho intramolecular Hbond substituents is 1. The molecule has 2 N–H and O–H groups in total. The second-order valence-electron chi connectivity index (χ2n) is 7.52. The van der Waals surface area contributed by atoms with Gasteiger partial charge in [-0.3, -0.25) is 14.7 Å². The number of aromatic nitrogens is 1. The molecule has 30 heavy (non-hydrogen) atoms. The molecule has 0 saturated carbocycles. The van der Waals surface area contributed by atoms with Crippen molar-refractivity contribution >= 4 is 28.4 Å². The molecular weight excluding hydrogens is 402 g/mol. The van der Waals surface area contributed by atoms with Gasteiger partial charge in [0.15, 0.2) is 0 Å². The third-order valence-corrected chi connectivity index (χ3v) is 5.86. The molecule has 1 fully saturated rings. The molecule has 1 aliphatic rings. The number of nitrogens with zero attached hydrogens (tertiary/aromatic N) is 2. The van der Waals surface area contributed by atoms with Gasteiger partial charge in [0.25, 0.3) is 5.91 Å². The molecule has 0 aliphatic carbocycles. The number of aromatic hydroxyl groups is 1. The zero-order valence-corrected chi connectivity index (χ0v) is 17.5. The van der Waals surface area contributed by atoms with Gasteiger partial charge >= 0.3 is 0 Å². The van der Waals surface area contributed by atoms with Gasteiger partial charge < -0.3 is 15.2 Å². The first-order chi connectivity index (χ1) is 14.5. The first-order valence-corrected chi connectivity index (χ1v) is 10.4. The van der Waals surface area contributed by atoms with Gasteiger partial charge in [-0.2, -0.15) is 0 Å². The number of hydrogen-bond acceptors (Lipinski definition) is 5. The molecule has 156 valence electrons. The normalized spacial score (nSPS) is 15.3. The lowest BCUT2D eigenvalue weighted by Gasteiger charge is -2.32. The highest BCUT2D eigenvalue weighted by Crippen LogP contribution is 2.34. The number of nitrogens with one attached hydrogen (secondary N) is 1. The molecule has 0 unspecified atom stereocenters. The lowest BCUT2D eigenvalue weighted by atomic mass is 10.0. The van der Waals surface area contributed by atoms with E-state index < -0.39 is 0 Å². The predicted molar refractivity (Wildman–Crippen MR) is 117 cm³/mol. The van der Waals surface area contributed by atoms with Crippen molar-refractivity contribution in [1.29, 1.82) is 0 Å². The van der Waals surface area contributed by atoms with E-state index in [2.05, 4.69) is 15.2 Å². The first kappa shape index (κ1) is 20.4. The number of amides is 1. The number of likely N-dealkylation sites (tertiary alicyclic amines) is 1. The van der Waals surface area contributed by atoms with Crippen LogP contribution < -0.4 is 10.1 Å². The topological polar surface area (TPSA) is 74.7 Å². The van der Waals surface area contributed by atoms with Crippen molar-refractivity contribution in [3.05, 3.63) is 64.8 Å². The molecular formula is C23H24ClN3O3. The maximum Gasteiger partial charge on any atom is 0.251 e. The highest BCUT2D eigenvalue weighted by Gasteiger charge is 2.23. The van der Waals surface area contributed by atoms with Crippen LogP contribution in [-0.4, -0.2) is 47.1 Å². The molecule has 2 heterocycles. The highest BCUT2D eigenvalue weighted by atomic mass is 35.5. The van der Waals surface area contributed by atoms with Crippen LogP contribution in [0.15, 0.2) is 48.7 Å². The molecule has 7 heteroatoms. The maximum atomic E-state index is 12.5. The highest BCUT2D eigenvalue weighted by molar-refractivity contribution is 6.35. The first-order valence-electron chi connectivity index (χ1n) is 9.97. The number of carbonyl (C=O) groups excluding carboxylic acids is 1. The zero-order chi connectivity index (χ0) is 21.1. The van der Waals surface area contributed by atoms with E-state index in [4.69, 9.17) is 16.3 Å². The molecule has 0 bridgehead atoms. The summed E-state index contributed by atoms with van der Waals surface area (Å²) in [6, 6.07) is 12.7. The lowest BCUT2D eigenvalue weighted by molar-refractivity contribution is 0.0908. The molecule has 1 saturated heterocycles. The van der Waals surface area contributed by atoms with Gasteiger partial charge in [0.2, 0.25) is 0 Å². The quantitative estimate of drug-likeness (QED) is 0.646. The van der Waals surface area contributed by atoms with E-state index in [1.165, 1.54) is 0 Å². The fraction of sp³-hybridized carbons (Fsp3) is 0.304. The van der Waals surface area contributed by atoms with Crippen molar-refractivity contribution in [3.63, 3.8) is 0 Å². The number of hydrogen-bond donors (Lipinski definition) is 2. The van der Waals surface area contributed by atoms with E-state index >= 15 is 0 Å². The Hall–Kier alpha value is -2.83. The van der Waals surface area contributed by atoms with Crippen LogP contribution in [0.5, 0.6) is 11.5 Å². The average molecular weight is 426 g/mol. The summed E-state index contributed by atoms with van der Waals surface area (Å²) in [5, 5.41) is 15.1. The Morgan fingerprint density at radius 3 is 2.83 bits per heavy atom. The predicted octanol–water partition coefficient (Wildman–Crippen LogP) is 4.00. The minimum Gasteiger partial charge on any atom is -0.505 e. The molecule has 0 radical (unpaired) electrons. The molecule has 1 aromatic heterocycles. The van der Waals surface area contributed by atoms with Crippen molar-refractivity contribution < 1.29 is 14.6 Å². The smallest absolute Gasteiger partial charge is 0.251 e.